The number of carboxylic acids is 1. The zero-order chi connectivity index (χ0) is 13.4. The van der Waals surface area contributed by atoms with Crippen LogP contribution in [0, 0.1) is 0 Å². The normalized spacial score (nSPS) is 13.6. The molecule has 0 unspecified atom stereocenters. The molecule has 4 nitrogen and oxygen atoms in total. The standard InChI is InChI=1S/C14H14N2O2S/c1-16-5-4-9-6-10(2-3-12(9)16)14-15-11(8-19-14)7-13(17)18/h2-3,6,8H,4-5,7H2,1H3,(H,17,18). The number of aromatic nitrogens is 1. The minimum Gasteiger partial charge on any atom is -0.481 e. The minimum atomic E-state index is -0.840. The van der Waals surface area contributed by atoms with Crippen molar-refractivity contribution in [3.63, 3.8) is 0 Å². The molecular formula is C14H14N2O2S. The molecule has 2 aromatic rings. The predicted molar refractivity (Wildman–Crippen MR) is 75.9 cm³/mol. The highest BCUT2D eigenvalue weighted by Gasteiger charge is 2.17. The number of anilines is 1. The van der Waals surface area contributed by atoms with E-state index >= 15 is 0 Å². The van der Waals surface area contributed by atoms with Crippen molar-refractivity contribution in [2.75, 3.05) is 18.5 Å². The van der Waals surface area contributed by atoms with Gasteiger partial charge in [-0.2, -0.15) is 0 Å². The number of carbonyl (C=O) groups is 1. The van der Waals surface area contributed by atoms with E-state index in [1.165, 1.54) is 22.6 Å². The lowest BCUT2D eigenvalue weighted by molar-refractivity contribution is -0.136. The molecule has 0 aliphatic carbocycles. The van der Waals surface area contributed by atoms with Crippen LogP contribution in [0.15, 0.2) is 23.6 Å². The Morgan fingerprint density at radius 2 is 2.37 bits per heavy atom. The van der Waals surface area contributed by atoms with Crippen molar-refractivity contribution in [2.24, 2.45) is 0 Å². The summed E-state index contributed by atoms with van der Waals surface area (Å²) in [7, 11) is 2.10. The van der Waals surface area contributed by atoms with Gasteiger partial charge in [-0.3, -0.25) is 4.79 Å². The van der Waals surface area contributed by atoms with Crippen LogP contribution in [-0.2, 0) is 17.6 Å². The first-order valence-electron chi connectivity index (χ1n) is 6.14. The average Bonchev–Trinajstić information content (AvgIpc) is 2.96. The van der Waals surface area contributed by atoms with Crippen LogP contribution in [0.3, 0.4) is 0 Å². The average molecular weight is 274 g/mol. The van der Waals surface area contributed by atoms with Gasteiger partial charge in [-0.05, 0) is 30.2 Å². The molecule has 1 N–H and O–H groups in total. The second-order valence-electron chi connectivity index (χ2n) is 4.73. The number of carboxylic acid groups (broad SMARTS) is 1. The maximum Gasteiger partial charge on any atom is 0.309 e. The molecule has 1 aliphatic heterocycles. The Hall–Kier alpha value is -1.88. The van der Waals surface area contributed by atoms with Crippen LogP contribution in [0.4, 0.5) is 5.69 Å². The highest BCUT2D eigenvalue weighted by Crippen LogP contribution is 2.32. The molecule has 2 heterocycles. The van der Waals surface area contributed by atoms with Crippen LogP contribution in [0.5, 0.6) is 0 Å². The lowest BCUT2D eigenvalue weighted by Gasteiger charge is -2.11. The van der Waals surface area contributed by atoms with Gasteiger partial charge in [-0.1, -0.05) is 0 Å². The van der Waals surface area contributed by atoms with Gasteiger partial charge in [0.2, 0.25) is 0 Å². The van der Waals surface area contributed by atoms with Crippen molar-refractivity contribution >= 4 is 23.0 Å². The van der Waals surface area contributed by atoms with E-state index in [0.29, 0.717) is 5.69 Å². The third kappa shape index (κ3) is 2.33. The van der Waals surface area contributed by atoms with Gasteiger partial charge in [0.1, 0.15) is 5.01 Å². The Morgan fingerprint density at radius 1 is 1.53 bits per heavy atom. The van der Waals surface area contributed by atoms with E-state index in [1.807, 2.05) is 5.38 Å². The largest absolute Gasteiger partial charge is 0.481 e. The van der Waals surface area contributed by atoms with E-state index in [1.54, 1.807) is 0 Å². The van der Waals surface area contributed by atoms with Gasteiger partial charge < -0.3 is 10.0 Å². The Balaban J connectivity index is 1.90. The molecule has 19 heavy (non-hydrogen) atoms. The maximum atomic E-state index is 10.7. The van der Waals surface area contributed by atoms with Crippen LogP contribution in [0.1, 0.15) is 11.3 Å². The molecule has 0 bridgehead atoms. The molecule has 0 saturated carbocycles. The smallest absolute Gasteiger partial charge is 0.309 e. The fourth-order valence-electron chi connectivity index (χ4n) is 2.38. The van der Waals surface area contributed by atoms with Crippen molar-refractivity contribution in [2.45, 2.75) is 12.8 Å². The summed E-state index contributed by atoms with van der Waals surface area (Å²) >= 11 is 1.50. The minimum absolute atomic E-state index is 0.00974. The fraction of sp³-hybridized carbons (Fsp3) is 0.286. The third-order valence-corrected chi connectivity index (χ3v) is 4.28. The molecule has 1 aromatic carbocycles. The lowest BCUT2D eigenvalue weighted by Crippen LogP contribution is -2.12. The number of aliphatic carboxylic acids is 1. The van der Waals surface area contributed by atoms with Crippen LogP contribution >= 0.6 is 11.3 Å². The predicted octanol–water partition coefficient (Wildman–Crippen LogP) is 2.43. The number of fused-ring (bicyclic) bond motifs is 1. The highest BCUT2D eigenvalue weighted by molar-refractivity contribution is 7.13. The number of hydrogen-bond donors (Lipinski definition) is 1. The summed E-state index contributed by atoms with van der Waals surface area (Å²) < 4.78 is 0. The molecule has 5 heteroatoms. The van der Waals surface area contributed by atoms with Gasteiger partial charge in [-0.25, -0.2) is 4.98 Å². The molecule has 0 atom stereocenters. The van der Waals surface area contributed by atoms with E-state index in [9.17, 15) is 4.79 Å². The van der Waals surface area contributed by atoms with E-state index < -0.39 is 5.97 Å². The van der Waals surface area contributed by atoms with Gasteiger partial charge in [0, 0.05) is 30.2 Å². The fourth-order valence-corrected chi connectivity index (χ4v) is 3.19. The third-order valence-electron chi connectivity index (χ3n) is 3.34. The van der Waals surface area contributed by atoms with Crippen LogP contribution < -0.4 is 4.90 Å². The molecule has 98 valence electrons. The van der Waals surface area contributed by atoms with Crippen molar-refractivity contribution in [1.29, 1.82) is 0 Å². The van der Waals surface area contributed by atoms with Gasteiger partial charge in [-0.15, -0.1) is 11.3 Å². The van der Waals surface area contributed by atoms with Gasteiger partial charge in [0.25, 0.3) is 0 Å². The van der Waals surface area contributed by atoms with E-state index in [2.05, 4.69) is 35.1 Å². The maximum absolute atomic E-state index is 10.7. The van der Waals surface area contributed by atoms with Crippen molar-refractivity contribution < 1.29 is 9.90 Å². The molecule has 0 spiro atoms. The Kier molecular flexibility index (Phi) is 2.98. The van der Waals surface area contributed by atoms with E-state index in [4.69, 9.17) is 5.11 Å². The summed E-state index contributed by atoms with van der Waals surface area (Å²) in [5.41, 5.74) is 4.34. The van der Waals surface area contributed by atoms with Gasteiger partial charge in [0.05, 0.1) is 12.1 Å². The summed E-state index contributed by atoms with van der Waals surface area (Å²) in [6.07, 6.45) is 1.05. The molecule has 3 rings (SSSR count). The monoisotopic (exact) mass is 274 g/mol. The van der Waals surface area contributed by atoms with Gasteiger partial charge in [0.15, 0.2) is 0 Å². The summed E-state index contributed by atoms with van der Waals surface area (Å²) in [4.78, 5) is 17.3. The first-order chi connectivity index (χ1) is 9.13. The van der Waals surface area contributed by atoms with Gasteiger partial charge >= 0.3 is 5.97 Å². The van der Waals surface area contributed by atoms with Crippen molar-refractivity contribution in [3.05, 3.63) is 34.8 Å². The van der Waals surface area contributed by atoms with Crippen molar-refractivity contribution in [1.82, 2.24) is 4.98 Å². The first kappa shape index (κ1) is 12.2. The SMILES string of the molecule is CN1CCc2cc(-c3nc(CC(=O)O)cs3)ccc21. The quantitative estimate of drug-likeness (QED) is 0.934. The number of likely N-dealkylation sites (N-methyl/N-ethyl adjacent to an activating group) is 1. The number of nitrogens with zero attached hydrogens (tertiary/aromatic N) is 2. The van der Waals surface area contributed by atoms with Crippen molar-refractivity contribution in [3.8, 4) is 10.6 Å². The highest BCUT2D eigenvalue weighted by atomic mass is 32.1. The zero-order valence-corrected chi connectivity index (χ0v) is 11.4. The number of benzene rings is 1. The van der Waals surface area contributed by atoms with Crippen LogP contribution in [0.2, 0.25) is 0 Å². The number of rotatable bonds is 3. The molecule has 0 saturated heterocycles. The zero-order valence-electron chi connectivity index (χ0n) is 10.6. The second-order valence-corrected chi connectivity index (χ2v) is 5.59. The number of thiazole rings is 1. The number of hydrogen-bond acceptors (Lipinski definition) is 4. The van der Waals surface area contributed by atoms with Crippen LogP contribution in [-0.4, -0.2) is 29.7 Å². The Morgan fingerprint density at radius 3 is 3.16 bits per heavy atom. The van der Waals surface area contributed by atoms with Crippen LogP contribution in [0.25, 0.3) is 10.6 Å². The summed E-state index contributed by atoms with van der Waals surface area (Å²) in [5, 5.41) is 11.5. The molecule has 1 aromatic heterocycles. The molecule has 0 radical (unpaired) electrons. The molecular weight excluding hydrogens is 260 g/mol. The van der Waals surface area contributed by atoms with E-state index in [0.717, 1.165) is 23.5 Å². The van der Waals surface area contributed by atoms with E-state index in [-0.39, 0.29) is 6.42 Å². The Labute approximate surface area is 115 Å². The summed E-state index contributed by atoms with van der Waals surface area (Å²) in [6, 6.07) is 6.35. The Bertz CT molecular complexity index is 636. The summed E-state index contributed by atoms with van der Waals surface area (Å²) in [5.74, 6) is -0.840. The first-order valence-corrected chi connectivity index (χ1v) is 7.02. The topological polar surface area (TPSA) is 53.4 Å². The second kappa shape index (κ2) is 4.66. The molecule has 0 fully saturated rings. The lowest BCUT2D eigenvalue weighted by atomic mass is 10.1. The summed E-state index contributed by atoms with van der Waals surface area (Å²) in [6.45, 7) is 1.06. The molecule has 1 aliphatic rings. The molecule has 0 amide bonds.